The van der Waals surface area contributed by atoms with Crippen molar-refractivity contribution in [3.63, 3.8) is 0 Å². The number of nitrogens with zero attached hydrogens (tertiary/aromatic N) is 1. The first-order valence-electron chi connectivity index (χ1n) is 8.35. The quantitative estimate of drug-likeness (QED) is 0.826. The van der Waals surface area contributed by atoms with Crippen molar-refractivity contribution in [3.8, 4) is 11.5 Å². The zero-order chi connectivity index (χ0) is 17.8. The number of hydrogen-bond acceptors (Lipinski definition) is 4. The SMILES string of the molecule is CNCC(O)CN1CCc2c(cccc2Oc2ccc(F)c(Cl)c2)C1. The summed E-state index contributed by atoms with van der Waals surface area (Å²) in [5.74, 6) is 0.835. The molecule has 1 aliphatic rings. The molecule has 2 aromatic rings. The van der Waals surface area contributed by atoms with Crippen molar-refractivity contribution in [3.05, 3.63) is 58.4 Å². The predicted molar refractivity (Wildman–Crippen MR) is 96.8 cm³/mol. The van der Waals surface area contributed by atoms with Crippen molar-refractivity contribution in [1.29, 1.82) is 0 Å². The van der Waals surface area contributed by atoms with Gasteiger partial charge >= 0.3 is 0 Å². The monoisotopic (exact) mass is 364 g/mol. The maximum absolute atomic E-state index is 13.3. The Morgan fingerprint density at radius 2 is 2.20 bits per heavy atom. The van der Waals surface area contributed by atoms with Gasteiger partial charge < -0.3 is 15.2 Å². The summed E-state index contributed by atoms with van der Waals surface area (Å²) in [6.45, 7) is 2.85. The molecule has 0 aliphatic carbocycles. The molecular weight excluding hydrogens is 343 g/mol. The van der Waals surface area contributed by atoms with Gasteiger partial charge in [0.15, 0.2) is 0 Å². The van der Waals surface area contributed by atoms with E-state index >= 15 is 0 Å². The van der Waals surface area contributed by atoms with Gasteiger partial charge in [0.25, 0.3) is 0 Å². The van der Waals surface area contributed by atoms with E-state index in [1.807, 2.05) is 19.2 Å². The van der Waals surface area contributed by atoms with E-state index in [1.165, 1.54) is 17.7 Å². The van der Waals surface area contributed by atoms with Gasteiger partial charge in [0.05, 0.1) is 11.1 Å². The third kappa shape index (κ3) is 4.50. The molecule has 0 aromatic heterocycles. The molecule has 6 heteroatoms. The van der Waals surface area contributed by atoms with Crippen LogP contribution in [0.5, 0.6) is 11.5 Å². The molecule has 1 unspecified atom stereocenters. The molecule has 0 radical (unpaired) electrons. The standard InChI is InChI=1S/C19H22ClFN2O2/c1-22-10-14(24)12-23-8-7-16-13(11-23)3-2-4-19(16)25-15-5-6-18(21)17(20)9-15/h2-6,9,14,22,24H,7-8,10-12H2,1H3. The fourth-order valence-corrected chi connectivity index (χ4v) is 3.32. The Morgan fingerprint density at radius 3 is 2.96 bits per heavy atom. The molecule has 0 spiro atoms. The Balaban J connectivity index is 1.73. The Morgan fingerprint density at radius 1 is 1.36 bits per heavy atom. The van der Waals surface area contributed by atoms with Gasteiger partial charge in [-0.2, -0.15) is 0 Å². The van der Waals surface area contributed by atoms with E-state index in [2.05, 4.69) is 16.3 Å². The van der Waals surface area contributed by atoms with Crippen LogP contribution in [0.25, 0.3) is 0 Å². The van der Waals surface area contributed by atoms with Gasteiger partial charge in [0, 0.05) is 37.8 Å². The molecule has 2 N–H and O–H groups in total. The number of rotatable bonds is 6. The number of aliphatic hydroxyl groups is 1. The number of hydrogen-bond donors (Lipinski definition) is 2. The lowest BCUT2D eigenvalue weighted by Gasteiger charge is -2.31. The number of benzene rings is 2. The van der Waals surface area contributed by atoms with E-state index in [1.54, 1.807) is 6.07 Å². The Kier molecular flexibility index (Phi) is 5.91. The number of aliphatic hydroxyl groups excluding tert-OH is 1. The van der Waals surface area contributed by atoms with Crippen LogP contribution in [0.4, 0.5) is 4.39 Å². The Labute approximate surface area is 152 Å². The second-order valence-electron chi connectivity index (χ2n) is 6.27. The summed E-state index contributed by atoms with van der Waals surface area (Å²) in [7, 11) is 1.83. The number of nitrogens with one attached hydrogen (secondary N) is 1. The normalized spacial score (nSPS) is 15.7. The number of halogens is 2. The minimum absolute atomic E-state index is 0.0481. The zero-order valence-electron chi connectivity index (χ0n) is 14.1. The molecule has 0 bridgehead atoms. The van der Waals surface area contributed by atoms with Crippen LogP contribution in [0.1, 0.15) is 11.1 Å². The first-order chi connectivity index (χ1) is 12.1. The topological polar surface area (TPSA) is 44.7 Å². The van der Waals surface area contributed by atoms with E-state index in [-0.39, 0.29) is 11.1 Å². The number of likely N-dealkylation sites (N-methyl/N-ethyl adjacent to an activating group) is 1. The van der Waals surface area contributed by atoms with Crippen molar-refractivity contribution in [2.45, 2.75) is 19.1 Å². The van der Waals surface area contributed by atoms with E-state index in [4.69, 9.17) is 16.3 Å². The lowest BCUT2D eigenvalue weighted by atomic mass is 9.98. The van der Waals surface area contributed by atoms with E-state index in [0.29, 0.717) is 18.8 Å². The molecule has 0 saturated heterocycles. The molecule has 2 aromatic carbocycles. The number of ether oxygens (including phenoxy) is 1. The largest absolute Gasteiger partial charge is 0.457 e. The van der Waals surface area contributed by atoms with Gasteiger partial charge in [0.2, 0.25) is 0 Å². The second kappa shape index (κ2) is 8.15. The second-order valence-corrected chi connectivity index (χ2v) is 6.68. The smallest absolute Gasteiger partial charge is 0.142 e. The minimum Gasteiger partial charge on any atom is -0.457 e. The number of fused-ring (bicyclic) bond motifs is 1. The van der Waals surface area contributed by atoms with Crippen LogP contribution < -0.4 is 10.1 Å². The van der Waals surface area contributed by atoms with Gasteiger partial charge in [-0.15, -0.1) is 0 Å². The average molecular weight is 365 g/mol. The molecular formula is C19H22ClFN2O2. The molecule has 0 fully saturated rings. The Bertz CT molecular complexity index is 741. The van der Waals surface area contributed by atoms with Crippen molar-refractivity contribution < 1.29 is 14.2 Å². The molecule has 134 valence electrons. The highest BCUT2D eigenvalue weighted by atomic mass is 35.5. The van der Waals surface area contributed by atoms with E-state index < -0.39 is 5.82 Å². The summed E-state index contributed by atoms with van der Waals surface area (Å²) in [6, 6.07) is 10.3. The first kappa shape index (κ1) is 18.1. The first-order valence-corrected chi connectivity index (χ1v) is 8.73. The average Bonchev–Trinajstić information content (AvgIpc) is 2.58. The van der Waals surface area contributed by atoms with Crippen molar-refractivity contribution in [2.75, 3.05) is 26.7 Å². The molecule has 25 heavy (non-hydrogen) atoms. The highest BCUT2D eigenvalue weighted by Gasteiger charge is 2.21. The van der Waals surface area contributed by atoms with Crippen LogP contribution in [0.15, 0.2) is 36.4 Å². The molecule has 1 atom stereocenters. The predicted octanol–water partition coefficient (Wildman–Crippen LogP) is 3.21. The summed E-state index contributed by atoms with van der Waals surface area (Å²) >= 11 is 5.83. The van der Waals surface area contributed by atoms with Gasteiger partial charge in [-0.1, -0.05) is 23.7 Å². The number of β-amino-alcohol motifs (C(OH)–C–C–N with tert-alkyl or cyclic N) is 1. The van der Waals surface area contributed by atoms with Gasteiger partial charge in [-0.25, -0.2) is 4.39 Å². The van der Waals surface area contributed by atoms with Gasteiger partial charge in [-0.05, 0) is 37.2 Å². The van der Waals surface area contributed by atoms with Crippen LogP contribution in [-0.4, -0.2) is 42.8 Å². The van der Waals surface area contributed by atoms with E-state index in [9.17, 15) is 9.50 Å². The van der Waals surface area contributed by atoms with Crippen molar-refractivity contribution in [2.24, 2.45) is 0 Å². The van der Waals surface area contributed by atoms with Crippen molar-refractivity contribution >= 4 is 11.6 Å². The Hall–Kier alpha value is -1.66. The third-order valence-corrected chi connectivity index (χ3v) is 4.62. The molecule has 0 amide bonds. The molecule has 0 saturated carbocycles. The molecule has 4 nitrogen and oxygen atoms in total. The van der Waals surface area contributed by atoms with Gasteiger partial charge in [0.1, 0.15) is 17.3 Å². The lowest BCUT2D eigenvalue weighted by molar-refractivity contribution is 0.106. The van der Waals surface area contributed by atoms with Gasteiger partial charge in [-0.3, -0.25) is 4.90 Å². The fourth-order valence-electron chi connectivity index (χ4n) is 3.15. The molecule has 1 aliphatic heterocycles. The molecule has 1 heterocycles. The summed E-state index contributed by atoms with van der Waals surface area (Å²) < 4.78 is 19.2. The molecule has 3 rings (SSSR count). The van der Waals surface area contributed by atoms with E-state index in [0.717, 1.165) is 30.8 Å². The lowest BCUT2D eigenvalue weighted by Crippen LogP contribution is -2.40. The maximum atomic E-state index is 13.3. The van der Waals surface area contributed by atoms with Crippen LogP contribution in [-0.2, 0) is 13.0 Å². The summed E-state index contributed by atoms with van der Waals surface area (Å²) in [5, 5.41) is 13.0. The zero-order valence-corrected chi connectivity index (χ0v) is 14.9. The third-order valence-electron chi connectivity index (χ3n) is 4.33. The van der Waals surface area contributed by atoms with Crippen molar-refractivity contribution in [1.82, 2.24) is 10.2 Å². The fraction of sp³-hybridized carbons (Fsp3) is 0.368. The van der Waals surface area contributed by atoms with Crippen LogP contribution >= 0.6 is 11.6 Å². The summed E-state index contributed by atoms with van der Waals surface area (Å²) in [6.07, 6.45) is 0.458. The van der Waals surface area contributed by atoms with Crippen LogP contribution in [0.2, 0.25) is 5.02 Å². The minimum atomic E-state index is -0.458. The highest BCUT2D eigenvalue weighted by molar-refractivity contribution is 6.30. The maximum Gasteiger partial charge on any atom is 0.142 e. The van der Waals surface area contributed by atoms with Crippen LogP contribution in [0, 0.1) is 5.82 Å². The summed E-state index contributed by atoms with van der Waals surface area (Å²) in [5.41, 5.74) is 2.34. The van der Waals surface area contributed by atoms with Crippen LogP contribution in [0.3, 0.4) is 0 Å². The summed E-state index contributed by atoms with van der Waals surface area (Å²) in [4.78, 5) is 2.24. The highest BCUT2D eigenvalue weighted by Crippen LogP contribution is 2.32.